The third-order valence-corrected chi connectivity index (χ3v) is 3.51. The molecule has 2 nitrogen and oxygen atoms in total. The van der Waals surface area contributed by atoms with Crippen LogP contribution >= 0.6 is 0 Å². The van der Waals surface area contributed by atoms with Crippen LogP contribution in [0.1, 0.15) is 27.5 Å². The van der Waals surface area contributed by atoms with Gasteiger partial charge >= 0.3 is 0 Å². The standard InChI is InChI=1S/C19H14FNO/c20-16-11-9-15(10-12-16)19(22)18(14-6-2-1-3-7-14)17-8-4-5-13-21-17/h1-13,18H/t18-/m0/s1. The van der Waals surface area contributed by atoms with Crippen LogP contribution in [0.15, 0.2) is 79.0 Å². The van der Waals surface area contributed by atoms with Gasteiger partial charge in [-0.3, -0.25) is 9.78 Å². The number of ketones is 1. The fraction of sp³-hybridized carbons (Fsp3) is 0.0526. The topological polar surface area (TPSA) is 30.0 Å². The molecule has 0 spiro atoms. The summed E-state index contributed by atoms with van der Waals surface area (Å²) in [7, 11) is 0. The predicted molar refractivity (Wildman–Crippen MR) is 83.3 cm³/mol. The Morgan fingerprint density at radius 1 is 0.864 bits per heavy atom. The molecule has 0 aliphatic heterocycles. The first-order valence-electron chi connectivity index (χ1n) is 7.01. The highest BCUT2D eigenvalue weighted by Gasteiger charge is 2.24. The molecule has 0 saturated carbocycles. The van der Waals surface area contributed by atoms with Gasteiger partial charge in [0, 0.05) is 11.8 Å². The molecule has 22 heavy (non-hydrogen) atoms. The largest absolute Gasteiger partial charge is 0.293 e. The van der Waals surface area contributed by atoms with E-state index in [2.05, 4.69) is 4.98 Å². The number of Topliss-reactive ketones (excluding diaryl/α,β-unsaturated/α-hetero) is 1. The first kappa shape index (κ1) is 14.1. The average Bonchev–Trinajstić information content (AvgIpc) is 2.57. The first-order valence-corrected chi connectivity index (χ1v) is 7.01. The molecule has 3 heteroatoms. The van der Waals surface area contributed by atoms with Crippen LogP contribution in [0.5, 0.6) is 0 Å². The minimum Gasteiger partial charge on any atom is -0.293 e. The van der Waals surface area contributed by atoms with Crippen LogP contribution in [0.2, 0.25) is 0 Å². The maximum Gasteiger partial charge on any atom is 0.176 e. The van der Waals surface area contributed by atoms with Gasteiger partial charge in [-0.25, -0.2) is 4.39 Å². The van der Waals surface area contributed by atoms with Crippen LogP contribution in [-0.4, -0.2) is 10.8 Å². The van der Waals surface area contributed by atoms with E-state index in [0.29, 0.717) is 11.3 Å². The van der Waals surface area contributed by atoms with Crippen LogP contribution in [0.4, 0.5) is 4.39 Å². The second-order valence-electron chi connectivity index (χ2n) is 4.97. The minimum absolute atomic E-state index is 0.0927. The number of hydrogen-bond donors (Lipinski definition) is 0. The number of aromatic nitrogens is 1. The lowest BCUT2D eigenvalue weighted by Crippen LogP contribution is -2.15. The van der Waals surface area contributed by atoms with Crippen molar-refractivity contribution in [3.05, 3.63) is 102 Å². The number of halogens is 1. The summed E-state index contributed by atoms with van der Waals surface area (Å²) in [5.41, 5.74) is 2.03. The Kier molecular flexibility index (Phi) is 4.05. The Bertz CT molecular complexity index is 715. The molecule has 0 fully saturated rings. The molecule has 0 aliphatic carbocycles. The van der Waals surface area contributed by atoms with E-state index in [0.717, 1.165) is 5.56 Å². The number of hydrogen-bond acceptors (Lipinski definition) is 2. The van der Waals surface area contributed by atoms with Crippen molar-refractivity contribution >= 4 is 5.78 Å². The van der Waals surface area contributed by atoms with E-state index >= 15 is 0 Å². The molecule has 0 aliphatic rings. The molecule has 0 amide bonds. The maximum absolute atomic E-state index is 13.1. The fourth-order valence-corrected chi connectivity index (χ4v) is 2.43. The van der Waals surface area contributed by atoms with E-state index in [1.165, 1.54) is 24.3 Å². The molecule has 1 aromatic heterocycles. The minimum atomic E-state index is -0.493. The zero-order valence-corrected chi connectivity index (χ0v) is 11.8. The Morgan fingerprint density at radius 3 is 2.18 bits per heavy atom. The van der Waals surface area contributed by atoms with E-state index < -0.39 is 5.92 Å². The molecule has 0 saturated heterocycles. The van der Waals surface area contributed by atoms with Crippen molar-refractivity contribution < 1.29 is 9.18 Å². The van der Waals surface area contributed by atoms with Crippen LogP contribution in [0, 0.1) is 5.82 Å². The highest BCUT2D eigenvalue weighted by Crippen LogP contribution is 2.27. The molecule has 108 valence electrons. The van der Waals surface area contributed by atoms with Crippen molar-refractivity contribution in [1.82, 2.24) is 4.98 Å². The SMILES string of the molecule is O=C(c1ccc(F)cc1)[C@@H](c1ccccc1)c1ccccn1. The van der Waals surface area contributed by atoms with Gasteiger partial charge in [0.1, 0.15) is 5.82 Å². The van der Waals surface area contributed by atoms with Gasteiger partial charge in [0.2, 0.25) is 0 Å². The third-order valence-electron chi connectivity index (χ3n) is 3.51. The van der Waals surface area contributed by atoms with Gasteiger partial charge in [-0.05, 0) is 42.0 Å². The van der Waals surface area contributed by atoms with E-state index in [1.807, 2.05) is 48.5 Å². The Hall–Kier alpha value is -2.81. The van der Waals surface area contributed by atoms with Crippen LogP contribution in [-0.2, 0) is 0 Å². The zero-order chi connectivity index (χ0) is 15.4. The summed E-state index contributed by atoms with van der Waals surface area (Å²) in [6, 6.07) is 20.6. The molecule has 3 rings (SSSR count). The van der Waals surface area contributed by atoms with Crippen LogP contribution < -0.4 is 0 Å². The fourth-order valence-electron chi connectivity index (χ4n) is 2.43. The summed E-state index contributed by atoms with van der Waals surface area (Å²) < 4.78 is 13.1. The second-order valence-corrected chi connectivity index (χ2v) is 4.97. The summed E-state index contributed by atoms with van der Waals surface area (Å²) in [4.78, 5) is 17.2. The number of benzene rings is 2. The lowest BCUT2D eigenvalue weighted by atomic mass is 9.87. The lowest BCUT2D eigenvalue weighted by molar-refractivity contribution is 0.0972. The van der Waals surface area contributed by atoms with Crippen molar-refractivity contribution in [3.8, 4) is 0 Å². The highest BCUT2D eigenvalue weighted by atomic mass is 19.1. The Labute approximate surface area is 128 Å². The zero-order valence-electron chi connectivity index (χ0n) is 11.8. The van der Waals surface area contributed by atoms with Crippen molar-refractivity contribution in [3.63, 3.8) is 0 Å². The van der Waals surface area contributed by atoms with Crippen molar-refractivity contribution in [2.75, 3.05) is 0 Å². The summed E-state index contributed by atoms with van der Waals surface area (Å²) in [6.45, 7) is 0. The van der Waals surface area contributed by atoms with Gasteiger partial charge in [-0.1, -0.05) is 36.4 Å². The smallest absolute Gasteiger partial charge is 0.176 e. The Balaban J connectivity index is 2.06. The van der Waals surface area contributed by atoms with Gasteiger partial charge in [0.15, 0.2) is 5.78 Å². The molecule has 0 radical (unpaired) electrons. The monoisotopic (exact) mass is 291 g/mol. The maximum atomic E-state index is 13.1. The summed E-state index contributed by atoms with van der Waals surface area (Å²) in [5, 5.41) is 0. The van der Waals surface area contributed by atoms with Gasteiger partial charge in [-0.2, -0.15) is 0 Å². The molecule has 0 unspecified atom stereocenters. The molecular weight excluding hydrogens is 277 g/mol. The predicted octanol–water partition coefficient (Wildman–Crippen LogP) is 4.24. The Morgan fingerprint density at radius 2 is 1.55 bits per heavy atom. The summed E-state index contributed by atoms with van der Waals surface area (Å²) in [6.07, 6.45) is 1.67. The van der Waals surface area contributed by atoms with Crippen molar-refractivity contribution in [1.29, 1.82) is 0 Å². The third kappa shape index (κ3) is 2.93. The molecule has 0 N–H and O–H groups in total. The van der Waals surface area contributed by atoms with Gasteiger partial charge in [-0.15, -0.1) is 0 Å². The number of pyridine rings is 1. The number of nitrogens with zero attached hydrogens (tertiary/aromatic N) is 1. The van der Waals surface area contributed by atoms with Gasteiger partial charge < -0.3 is 0 Å². The summed E-state index contributed by atoms with van der Waals surface area (Å²) >= 11 is 0. The van der Waals surface area contributed by atoms with E-state index in [9.17, 15) is 9.18 Å². The molecule has 1 atom stereocenters. The molecule has 0 bridgehead atoms. The quantitative estimate of drug-likeness (QED) is 0.673. The van der Waals surface area contributed by atoms with E-state index in [1.54, 1.807) is 6.20 Å². The molecule has 1 heterocycles. The average molecular weight is 291 g/mol. The van der Waals surface area contributed by atoms with E-state index in [4.69, 9.17) is 0 Å². The van der Waals surface area contributed by atoms with Crippen molar-refractivity contribution in [2.45, 2.75) is 5.92 Å². The number of rotatable bonds is 4. The van der Waals surface area contributed by atoms with Crippen LogP contribution in [0.3, 0.4) is 0 Å². The normalized spacial score (nSPS) is 11.9. The number of carbonyl (C=O) groups excluding carboxylic acids is 1. The van der Waals surface area contributed by atoms with Crippen molar-refractivity contribution in [2.24, 2.45) is 0 Å². The van der Waals surface area contributed by atoms with E-state index in [-0.39, 0.29) is 11.6 Å². The lowest BCUT2D eigenvalue weighted by Gasteiger charge is -2.16. The number of carbonyl (C=O) groups is 1. The van der Waals surface area contributed by atoms with Crippen LogP contribution in [0.25, 0.3) is 0 Å². The van der Waals surface area contributed by atoms with Gasteiger partial charge in [0.05, 0.1) is 11.6 Å². The molecular formula is C19H14FNO. The highest BCUT2D eigenvalue weighted by molar-refractivity contribution is 6.02. The summed E-state index contributed by atoms with van der Waals surface area (Å²) in [5.74, 6) is -0.941. The molecule has 2 aromatic carbocycles. The molecule has 3 aromatic rings. The first-order chi connectivity index (χ1) is 10.8. The second kappa shape index (κ2) is 6.31. The van der Waals surface area contributed by atoms with Gasteiger partial charge in [0.25, 0.3) is 0 Å².